The van der Waals surface area contributed by atoms with Crippen LogP contribution in [0.2, 0.25) is 0 Å². The molecule has 1 nitrogen and oxygen atoms in total. The lowest BCUT2D eigenvalue weighted by Gasteiger charge is -2.32. The first kappa shape index (κ1) is 12.0. The second-order valence-electron chi connectivity index (χ2n) is 5.31. The van der Waals surface area contributed by atoms with Gasteiger partial charge < -0.3 is 5.73 Å². The van der Waals surface area contributed by atoms with Crippen LogP contribution in [0.25, 0.3) is 0 Å². The van der Waals surface area contributed by atoms with Crippen LogP contribution in [0.3, 0.4) is 0 Å². The van der Waals surface area contributed by atoms with Crippen molar-refractivity contribution in [3.8, 4) is 0 Å². The Balaban J connectivity index is 2.34. The van der Waals surface area contributed by atoms with Gasteiger partial charge in [0.25, 0.3) is 0 Å². The van der Waals surface area contributed by atoms with E-state index in [-0.39, 0.29) is 0 Å². The molecule has 0 heterocycles. The minimum atomic E-state index is 0.496. The lowest BCUT2D eigenvalue weighted by Crippen LogP contribution is -2.34. The maximum absolute atomic E-state index is 6.17. The summed E-state index contributed by atoms with van der Waals surface area (Å²) in [6.45, 7) is 7.07. The van der Waals surface area contributed by atoms with E-state index in [0.717, 1.165) is 17.8 Å². The predicted molar refractivity (Wildman–Crippen MR) is 63.2 cm³/mol. The fourth-order valence-electron chi connectivity index (χ4n) is 2.64. The van der Waals surface area contributed by atoms with Gasteiger partial charge in [-0.3, -0.25) is 0 Å². The summed E-state index contributed by atoms with van der Waals surface area (Å²) in [7, 11) is 0. The van der Waals surface area contributed by atoms with Gasteiger partial charge in [0.05, 0.1) is 0 Å². The van der Waals surface area contributed by atoms with Crippen molar-refractivity contribution in [2.45, 2.75) is 65.3 Å². The average molecular weight is 197 g/mol. The van der Waals surface area contributed by atoms with E-state index in [0.29, 0.717) is 6.04 Å². The smallest absolute Gasteiger partial charge is 0.00672 e. The maximum Gasteiger partial charge on any atom is 0.00672 e. The van der Waals surface area contributed by atoms with Crippen LogP contribution in [-0.4, -0.2) is 6.04 Å². The summed E-state index contributed by atoms with van der Waals surface area (Å²) < 4.78 is 0. The molecule has 84 valence electrons. The summed E-state index contributed by atoms with van der Waals surface area (Å²) in [6.07, 6.45) is 8.07. The molecule has 1 heteroatoms. The summed E-state index contributed by atoms with van der Waals surface area (Å²) in [6, 6.07) is 0.496. The zero-order valence-corrected chi connectivity index (χ0v) is 10.1. The van der Waals surface area contributed by atoms with Gasteiger partial charge in [-0.2, -0.15) is 0 Å². The van der Waals surface area contributed by atoms with Gasteiger partial charge in [0, 0.05) is 6.04 Å². The molecule has 0 bridgehead atoms. The standard InChI is InChI=1S/C13H27N/c1-4-10(2)11(3)9-12-7-5-6-8-13(12)14/h10-13H,4-9,14H2,1-3H3. The molecule has 2 N–H and O–H groups in total. The van der Waals surface area contributed by atoms with Crippen LogP contribution in [0.15, 0.2) is 0 Å². The molecule has 1 fully saturated rings. The molecule has 1 saturated carbocycles. The van der Waals surface area contributed by atoms with Gasteiger partial charge in [0.2, 0.25) is 0 Å². The highest BCUT2D eigenvalue weighted by Crippen LogP contribution is 2.31. The zero-order valence-electron chi connectivity index (χ0n) is 10.1. The van der Waals surface area contributed by atoms with Crippen molar-refractivity contribution in [3.05, 3.63) is 0 Å². The van der Waals surface area contributed by atoms with Crippen molar-refractivity contribution in [1.82, 2.24) is 0 Å². The van der Waals surface area contributed by atoms with Crippen LogP contribution in [0.4, 0.5) is 0 Å². The minimum absolute atomic E-state index is 0.496. The van der Waals surface area contributed by atoms with E-state index in [1.165, 1.54) is 38.5 Å². The Morgan fingerprint density at radius 3 is 2.36 bits per heavy atom. The van der Waals surface area contributed by atoms with Gasteiger partial charge in [-0.1, -0.05) is 40.0 Å². The summed E-state index contributed by atoms with van der Waals surface area (Å²) in [5.74, 6) is 2.53. The normalized spacial score (nSPS) is 32.6. The van der Waals surface area contributed by atoms with Gasteiger partial charge in [-0.25, -0.2) is 0 Å². The molecule has 14 heavy (non-hydrogen) atoms. The van der Waals surface area contributed by atoms with E-state index < -0.39 is 0 Å². The van der Waals surface area contributed by atoms with Crippen molar-refractivity contribution in [2.75, 3.05) is 0 Å². The molecule has 0 radical (unpaired) electrons. The van der Waals surface area contributed by atoms with Gasteiger partial charge in [-0.05, 0) is 37.0 Å². The van der Waals surface area contributed by atoms with Crippen molar-refractivity contribution in [2.24, 2.45) is 23.5 Å². The largest absolute Gasteiger partial charge is 0.327 e. The lowest BCUT2D eigenvalue weighted by atomic mass is 9.77. The summed E-state index contributed by atoms with van der Waals surface area (Å²) >= 11 is 0. The molecule has 4 unspecified atom stereocenters. The predicted octanol–water partition coefficient (Wildman–Crippen LogP) is 3.58. The monoisotopic (exact) mass is 197 g/mol. The average Bonchev–Trinajstić information content (AvgIpc) is 2.20. The third kappa shape index (κ3) is 3.27. The summed E-state index contributed by atoms with van der Waals surface area (Å²) in [4.78, 5) is 0. The maximum atomic E-state index is 6.17. The summed E-state index contributed by atoms with van der Waals surface area (Å²) in [5.41, 5.74) is 6.17. The highest BCUT2D eigenvalue weighted by molar-refractivity contribution is 4.80. The van der Waals surface area contributed by atoms with Gasteiger partial charge >= 0.3 is 0 Å². The molecule has 0 saturated heterocycles. The van der Waals surface area contributed by atoms with Crippen molar-refractivity contribution in [3.63, 3.8) is 0 Å². The SMILES string of the molecule is CCC(C)C(C)CC1CCCCC1N. The van der Waals surface area contributed by atoms with E-state index in [4.69, 9.17) is 5.73 Å². The number of rotatable bonds is 4. The minimum Gasteiger partial charge on any atom is -0.327 e. The molecule has 0 spiro atoms. The zero-order chi connectivity index (χ0) is 10.6. The molecule has 1 aliphatic carbocycles. The molecule has 0 aromatic carbocycles. The quantitative estimate of drug-likeness (QED) is 0.732. The second-order valence-corrected chi connectivity index (χ2v) is 5.31. The Morgan fingerprint density at radius 2 is 1.79 bits per heavy atom. The Morgan fingerprint density at radius 1 is 1.14 bits per heavy atom. The van der Waals surface area contributed by atoms with Crippen LogP contribution in [0.5, 0.6) is 0 Å². The van der Waals surface area contributed by atoms with E-state index in [1.807, 2.05) is 0 Å². The van der Waals surface area contributed by atoms with Crippen LogP contribution < -0.4 is 5.73 Å². The van der Waals surface area contributed by atoms with Gasteiger partial charge in [-0.15, -0.1) is 0 Å². The lowest BCUT2D eigenvalue weighted by molar-refractivity contribution is 0.224. The van der Waals surface area contributed by atoms with Crippen LogP contribution >= 0.6 is 0 Å². The van der Waals surface area contributed by atoms with E-state index in [1.54, 1.807) is 0 Å². The third-order valence-electron chi connectivity index (χ3n) is 4.26. The fraction of sp³-hybridized carbons (Fsp3) is 1.00. The van der Waals surface area contributed by atoms with Gasteiger partial charge in [0.1, 0.15) is 0 Å². The fourth-order valence-corrected chi connectivity index (χ4v) is 2.64. The highest BCUT2D eigenvalue weighted by atomic mass is 14.7. The van der Waals surface area contributed by atoms with Crippen molar-refractivity contribution in [1.29, 1.82) is 0 Å². The Hall–Kier alpha value is -0.0400. The number of hydrogen-bond donors (Lipinski definition) is 1. The number of nitrogens with two attached hydrogens (primary N) is 1. The second kappa shape index (κ2) is 5.75. The first-order valence-corrected chi connectivity index (χ1v) is 6.40. The van der Waals surface area contributed by atoms with Crippen molar-refractivity contribution < 1.29 is 0 Å². The van der Waals surface area contributed by atoms with E-state index >= 15 is 0 Å². The van der Waals surface area contributed by atoms with E-state index in [2.05, 4.69) is 20.8 Å². The molecule has 0 aromatic rings. The topological polar surface area (TPSA) is 26.0 Å². The Bertz CT molecular complexity index is 155. The molecule has 0 amide bonds. The molecule has 1 aliphatic rings. The summed E-state index contributed by atoms with van der Waals surface area (Å²) in [5, 5.41) is 0. The van der Waals surface area contributed by atoms with Crippen LogP contribution in [0.1, 0.15) is 59.3 Å². The first-order valence-electron chi connectivity index (χ1n) is 6.40. The molecular weight excluding hydrogens is 170 g/mol. The molecule has 4 atom stereocenters. The van der Waals surface area contributed by atoms with E-state index in [9.17, 15) is 0 Å². The Labute approximate surface area is 89.5 Å². The van der Waals surface area contributed by atoms with Crippen LogP contribution in [0, 0.1) is 17.8 Å². The number of hydrogen-bond acceptors (Lipinski definition) is 1. The van der Waals surface area contributed by atoms with Gasteiger partial charge in [0.15, 0.2) is 0 Å². The van der Waals surface area contributed by atoms with Crippen molar-refractivity contribution >= 4 is 0 Å². The third-order valence-corrected chi connectivity index (χ3v) is 4.26. The first-order chi connectivity index (χ1) is 6.65. The molecule has 0 aliphatic heterocycles. The molecular formula is C13H27N. The van der Waals surface area contributed by atoms with Crippen LogP contribution in [-0.2, 0) is 0 Å². The Kier molecular flexibility index (Phi) is 4.94. The molecule has 1 rings (SSSR count). The molecule has 0 aromatic heterocycles. The highest BCUT2D eigenvalue weighted by Gasteiger charge is 2.24.